The molecule has 126 valence electrons. The van der Waals surface area contributed by atoms with E-state index in [1.165, 1.54) is 6.07 Å². The number of alkyl halides is 3. The molecule has 0 radical (unpaired) electrons. The molecule has 0 aromatic heterocycles. The van der Waals surface area contributed by atoms with Crippen LogP contribution >= 0.6 is 0 Å². The van der Waals surface area contributed by atoms with Crippen LogP contribution in [0.4, 0.5) is 13.2 Å². The van der Waals surface area contributed by atoms with Crippen LogP contribution in [0.1, 0.15) is 59.3 Å². The number of aliphatic hydroxyl groups is 1. The third-order valence-corrected chi connectivity index (χ3v) is 4.81. The Hall–Kier alpha value is -1.60. The lowest BCUT2D eigenvalue weighted by Crippen LogP contribution is -2.50. The molecule has 1 aliphatic carbocycles. The van der Waals surface area contributed by atoms with Gasteiger partial charge < -0.3 is 15.7 Å². The zero-order valence-corrected chi connectivity index (χ0v) is 12.8. The maximum atomic E-state index is 13.3. The van der Waals surface area contributed by atoms with Crippen LogP contribution in [0.15, 0.2) is 12.1 Å². The molecule has 1 amide bonds. The van der Waals surface area contributed by atoms with Crippen LogP contribution in [0.5, 0.6) is 0 Å². The first-order valence-electron chi connectivity index (χ1n) is 7.64. The monoisotopic (exact) mass is 328 g/mol. The predicted octanol–water partition coefficient (Wildman–Crippen LogP) is 2.51. The van der Waals surface area contributed by atoms with E-state index in [9.17, 15) is 23.1 Å². The average molecular weight is 328 g/mol. The van der Waals surface area contributed by atoms with Gasteiger partial charge in [0.05, 0.1) is 18.2 Å². The molecule has 1 heterocycles. The van der Waals surface area contributed by atoms with Crippen LogP contribution in [0.2, 0.25) is 0 Å². The summed E-state index contributed by atoms with van der Waals surface area (Å²) in [7, 11) is 0. The number of aliphatic hydroxyl groups excluding tert-OH is 1. The summed E-state index contributed by atoms with van der Waals surface area (Å²) in [6.45, 7) is 1.55. The summed E-state index contributed by atoms with van der Waals surface area (Å²) in [6.07, 6.45) is -1.64. The molecule has 1 unspecified atom stereocenters. The van der Waals surface area contributed by atoms with Crippen molar-refractivity contribution in [3.8, 4) is 0 Å². The van der Waals surface area contributed by atoms with Crippen LogP contribution in [0, 0.1) is 0 Å². The predicted molar refractivity (Wildman–Crippen MR) is 77.8 cm³/mol. The Bertz CT molecular complexity index is 639. The number of rotatable bonds is 4. The Labute approximate surface area is 132 Å². The Kier molecular flexibility index (Phi) is 3.88. The largest absolute Gasteiger partial charge is 0.416 e. The molecule has 23 heavy (non-hydrogen) atoms. The Morgan fingerprint density at radius 2 is 2.09 bits per heavy atom. The first-order chi connectivity index (χ1) is 10.7. The molecule has 1 saturated carbocycles. The first-order valence-corrected chi connectivity index (χ1v) is 7.64. The van der Waals surface area contributed by atoms with Gasteiger partial charge in [0.2, 0.25) is 0 Å². The average Bonchev–Trinajstić information content (AvgIpc) is 2.82. The van der Waals surface area contributed by atoms with Crippen molar-refractivity contribution in [3.63, 3.8) is 0 Å². The van der Waals surface area contributed by atoms with Crippen molar-refractivity contribution in [1.82, 2.24) is 10.6 Å². The third kappa shape index (κ3) is 2.95. The molecular weight excluding hydrogens is 309 g/mol. The minimum atomic E-state index is -4.53. The minimum Gasteiger partial charge on any atom is -0.394 e. The van der Waals surface area contributed by atoms with Gasteiger partial charge in [0.15, 0.2) is 0 Å². The highest BCUT2D eigenvalue weighted by atomic mass is 19.4. The number of carbonyl (C=O) groups is 1. The molecule has 0 saturated heterocycles. The standard InChI is InChI=1S/C16H19F3N2O2/c1-15(3-2-4-15)21-13(8-22)9-5-10-11(7-20-14(10)23)12(6-9)16(17,18)19/h5-6,13,21-22H,2-4,7-8H2,1H3,(H,20,23). The van der Waals surface area contributed by atoms with Crippen molar-refractivity contribution in [2.75, 3.05) is 6.61 Å². The molecule has 7 heteroatoms. The zero-order chi connectivity index (χ0) is 16.8. The van der Waals surface area contributed by atoms with E-state index in [1.54, 1.807) is 0 Å². The molecule has 0 spiro atoms. The fraction of sp³-hybridized carbons (Fsp3) is 0.562. The highest BCUT2D eigenvalue weighted by Crippen LogP contribution is 2.38. The van der Waals surface area contributed by atoms with E-state index in [0.29, 0.717) is 5.56 Å². The van der Waals surface area contributed by atoms with Crippen molar-refractivity contribution in [1.29, 1.82) is 0 Å². The van der Waals surface area contributed by atoms with E-state index in [2.05, 4.69) is 10.6 Å². The first kappa shape index (κ1) is 16.3. The maximum absolute atomic E-state index is 13.3. The smallest absolute Gasteiger partial charge is 0.394 e. The lowest BCUT2D eigenvalue weighted by atomic mass is 9.77. The maximum Gasteiger partial charge on any atom is 0.416 e. The summed E-state index contributed by atoms with van der Waals surface area (Å²) < 4.78 is 39.9. The van der Waals surface area contributed by atoms with E-state index < -0.39 is 23.7 Å². The van der Waals surface area contributed by atoms with E-state index in [0.717, 1.165) is 25.3 Å². The second kappa shape index (κ2) is 5.49. The lowest BCUT2D eigenvalue weighted by Gasteiger charge is -2.42. The summed E-state index contributed by atoms with van der Waals surface area (Å²) in [5.74, 6) is -0.501. The van der Waals surface area contributed by atoms with Gasteiger partial charge in [0, 0.05) is 17.6 Å². The topological polar surface area (TPSA) is 61.4 Å². The SMILES string of the molecule is CC1(NC(CO)c2cc3c(c(C(F)(F)F)c2)CNC3=O)CCC1. The van der Waals surface area contributed by atoms with Gasteiger partial charge in [0.25, 0.3) is 5.91 Å². The van der Waals surface area contributed by atoms with Gasteiger partial charge in [-0.2, -0.15) is 13.2 Å². The summed E-state index contributed by atoms with van der Waals surface area (Å²) >= 11 is 0. The molecular formula is C16H19F3N2O2. The number of halogens is 3. The number of benzene rings is 1. The Morgan fingerprint density at radius 3 is 2.61 bits per heavy atom. The normalized spacial score (nSPS) is 20.7. The lowest BCUT2D eigenvalue weighted by molar-refractivity contribution is -0.138. The third-order valence-electron chi connectivity index (χ3n) is 4.81. The molecule has 1 aliphatic heterocycles. The van der Waals surface area contributed by atoms with Crippen molar-refractivity contribution in [2.45, 2.75) is 50.5 Å². The van der Waals surface area contributed by atoms with Gasteiger partial charge in [-0.15, -0.1) is 0 Å². The molecule has 3 N–H and O–H groups in total. The van der Waals surface area contributed by atoms with Crippen LogP contribution < -0.4 is 10.6 Å². The number of fused-ring (bicyclic) bond motifs is 1. The van der Waals surface area contributed by atoms with E-state index >= 15 is 0 Å². The zero-order valence-electron chi connectivity index (χ0n) is 12.8. The number of hydrogen-bond donors (Lipinski definition) is 3. The molecule has 3 rings (SSSR count). The van der Waals surface area contributed by atoms with Gasteiger partial charge in [0.1, 0.15) is 0 Å². The summed E-state index contributed by atoms with van der Waals surface area (Å²) in [5.41, 5.74) is -0.648. The van der Waals surface area contributed by atoms with Crippen molar-refractivity contribution in [2.24, 2.45) is 0 Å². The highest BCUT2D eigenvalue weighted by molar-refractivity contribution is 5.99. The number of hydrogen-bond acceptors (Lipinski definition) is 3. The van der Waals surface area contributed by atoms with E-state index in [-0.39, 0.29) is 29.8 Å². The molecule has 2 aliphatic rings. The molecule has 1 aromatic rings. The number of carbonyl (C=O) groups excluding carboxylic acids is 1. The quantitative estimate of drug-likeness (QED) is 0.796. The van der Waals surface area contributed by atoms with E-state index in [4.69, 9.17) is 0 Å². The fourth-order valence-corrected chi connectivity index (χ4v) is 3.31. The van der Waals surface area contributed by atoms with Crippen LogP contribution in [-0.2, 0) is 12.7 Å². The van der Waals surface area contributed by atoms with E-state index in [1.807, 2.05) is 6.92 Å². The van der Waals surface area contributed by atoms with Gasteiger partial charge in [-0.3, -0.25) is 4.79 Å². The Balaban J connectivity index is 2.01. The molecule has 0 bridgehead atoms. The van der Waals surface area contributed by atoms with Crippen molar-refractivity contribution in [3.05, 3.63) is 34.4 Å². The molecule has 4 nitrogen and oxygen atoms in total. The van der Waals surface area contributed by atoms with Crippen LogP contribution in [0.3, 0.4) is 0 Å². The Morgan fingerprint density at radius 1 is 1.39 bits per heavy atom. The summed E-state index contributed by atoms with van der Waals surface area (Å²) in [5, 5.41) is 15.3. The van der Waals surface area contributed by atoms with Crippen LogP contribution in [0.25, 0.3) is 0 Å². The van der Waals surface area contributed by atoms with Crippen molar-refractivity contribution >= 4 is 5.91 Å². The van der Waals surface area contributed by atoms with Crippen LogP contribution in [-0.4, -0.2) is 23.2 Å². The van der Waals surface area contributed by atoms with Gasteiger partial charge in [-0.1, -0.05) is 0 Å². The van der Waals surface area contributed by atoms with Crippen molar-refractivity contribution < 1.29 is 23.1 Å². The molecule has 1 aromatic carbocycles. The van der Waals surface area contributed by atoms with Gasteiger partial charge in [-0.25, -0.2) is 0 Å². The summed E-state index contributed by atoms with van der Waals surface area (Å²) in [4.78, 5) is 11.8. The molecule has 1 fully saturated rings. The van der Waals surface area contributed by atoms with Gasteiger partial charge in [-0.05, 0) is 49.4 Å². The van der Waals surface area contributed by atoms with Gasteiger partial charge >= 0.3 is 6.18 Å². The minimum absolute atomic E-state index is 0.0159. The number of nitrogens with one attached hydrogen (secondary N) is 2. The second-order valence-corrected chi connectivity index (χ2v) is 6.57. The fourth-order valence-electron chi connectivity index (χ4n) is 3.31. The summed E-state index contributed by atoms with van der Waals surface area (Å²) in [6, 6.07) is 1.89. The molecule has 1 atom stereocenters. The second-order valence-electron chi connectivity index (χ2n) is 6.57. The number of amides is 1. The highest BCUT2D eigenvalue weighted by Gasteiger charge is 2.39.